The second-order valence-electron chi connectivity index (χ2n) is 6.77. The van der Waals surface area contributed by atoms with E-state index in [1.165, 1.54) is 0 Å². The Morgan fingerprint density at radius 2 is 1.63 bits per heavy atom. The van der Waals surface area contributed by atoms with Crippen LogP contribution < -0.4 is 0 Å². The van der Waals surface area contributed by atoms with E-state index in [9.17, 15) is 9.90 Å². The van der Waals surface area contributed by atoms with Crippen LogP contribution in [0.15, 0.2) is 75.7 Å². The molecule has 0 spiro atoms. The van der Waals surface area contributed by atoms with Crippen molar-refractivity contribution in [1.82, 2.24) is 10.1 Å². The summed E-state index contributed by atoms with van der Waals surface area (Å²) in [5, 5.41) is 15.9. The number of pyridine rings is 1. The Balaban J connectivity index is 1.70. The predicted molar refractivity (Wildman–Crippen MR) is 120 cm³/mol. The van der Waals surface area contributed by atoms with Gasteiger partial charge < -0.3 is 9.63 Å². The number of rotatable bonds is 3. The number of benzene rings is 3. The molecule has 5 rings (SSSR count). The average molecular weight is 480 g/mol. The highest BCUT2D eigenvalue weighted by molar-refractivity contribution is 9.10. The average Bonchev–Trinajstić information content (AvgIpc) is 3.16. The molecule has 5 nitrogen and oxygen atoms in total. The molecular weight excluding hydrogens is 468 g/mol. The molecule has 0 amide bonds. The molecule has 0 saturated heterocycles. The molecule has 0 aliphatic rings. The Kier molecular flexibility index (Phi) is 4.53. The first-order valence-electron chi connectivity index (χ1n) is 8.99. The van der Waals surface area contributed by atoms with Gasteiger partial charge in [-0.25, -0.2) is 9.78 Å². The number of carboxylic acids is 1. The van der Waals surface area contributed by atoms with E-state index in [1.54, 1.807) is 30.3 Å². The maximum Gasteiger partial charge on any atom is 0.336 e. The molecule has 30 heavy (non-hydrogen) atoms. The number of aromatic nitrogens is 2. The second kappa shape index (κ2) is 7.23. The molecule has 2 aromatic heterocycles. The minimum atomic E-state index is -1.00. The first-order valence-corrected chi connectivity index (χ1v) is 10.2. The molecule has 0 atom stereocenters. The van der Waals surface area contributed by atoms with Gasteiger partial charge in [0.25, 0.3) is 0 Å². The van der Waals surface area contributed by atoms with Crippen LogP contribution in [0, 0.1) is 0 Å². The lowest BCUT2D eigenvalue weighted by molar-refractivity contribution is 0.0699. The van der Waals surface area contributed by atoms with Crippen molar-refractivity contribution in [3.63, 3.8) is 0 Å². The largest absolute Gasteiger partial charge is 0.478 e. The van der Waals surface area contributed by atoms with Gasteiger partial charge in [0.15, 0.2) is 5.76 Å². The monoisotopic (exact) mass is 478 g/mol. The zero-order chi connectivity index (χ0) is 20.8. The third-order valence-electron chi connectivity index (χ3n) is 4.88. The first kappa shape index (κ1) is 18.8. The first-order chi connectivity index (χ1) is 14.5. The molecule has 0 aliphatic heterocycles. The second-order valence-corrected chi connectivity index (χ2v) is 8.12. The van der Waals surface area contributed by atoms with Crippen molar-refractivity contribution < 1.29 is 14.4 Å². The fourth-order valence-corrected chi connectivity index (χ4v) is 3.92. The van der Waals surface area contributed by atoms with Crippen LogP contribution in [0.1, 0.15) is 10.4 Å². The molecule has 0 unspecified atom stereocenters. The van der Waals surface area contributed by atoms with E-state index in [-0.39, 0.29) is 5.56 Å². The topological polar surface area (TPSA) is 76.2 Å². The van der Waals surface area contributed by atoms with E-state index in [4.69, 9.17) is 16.1 Å². The molecule has 0 saturated carbocycles. The summed E-state index contributed by atoms with van der Waals surface area (Å²) < 4.78 is 6.36. The highest BCUT2D eigenvalue weighted by Gasteiger charge is 2.16. The fourth-order valence-electron chi connectivity index (χ4n) is 3.43. The number of hydrogen-bond donors (Lipinski definition) is 1. The maximum atomic E-state index is 11.9. The van der Waals surface area contributed by atoms with E-state index in [0.29, 0.717) is 32.9 Å². The van der Waals surface area contributed by atoms with Crippen molar-refractivity contribution in [2.75, 3.05) is 0 Å². The zero-order valence-electron chi connectivity index (χ0n) is 15.3. The smallest absolute Gasteiger partial charge is 0.336 e. The lowest BCUT2D eigenvalue weighted by atomic mass is 10.0. The lowest BCUT2D eigenvalue weighted by Gasteiger charge is -2.08. The number of fused-ring (bicyclic) bond motifs is 2. The van der Waals surface area contributed by atoms with Gasteiger partial charge in [0, 0.05) is 26.0 Å². The molecule has 5 aromatic rings. The molecule has 0 aliphatic carbocycles. The Labute approximate surface area is 184 Å². The Morgan fingerprint density at radius 1 is 0.900 bits per heavy atom. The van der Waals surface area contributed by atoms with Gasteiger partial charge in [-0.05, 0) is 60.7 Å². The van der Waals surface area contributed by atoms with Gasteiger partial charge in [0.1, 0.15) is 5.52 Å². The van der Waals surface area contributed by atoms with Gasteiger partial charge >= 0.3 is 5.97 Å². The highest BCUT2D eigenvalue weighted by atomic mass is 79.9. The van der Waals surface area contributed by atoms with Crippen LogP contribution >= 0.6 is 27.5 Å². The van der Waals surface area contributed by atoms with Crippen LogP contribution in [0.5, 0.6) is 0 Å². The van der Waals surface area contributed by atoms with Crippen LogP contribution in [0.2, 0.25) is 5.02 Å². The SMILES string of the molecule is O=C(O)c1cc(-c2ccc3noc(-c4ccc(Cl)cc4)c3c2)nc2ccc(Br)cc12. The van der Waals surface area contributed by atoms with E-state index in [0.717, 1.165) is 21.0 Å². The van der Waals surface area contributed by atoms with Crippen LogP contribution in [0.4, 0.5) is 0 Å². The Hall–Kier alpha value is -3.22. The van der Waals surface area contributed by atoms with Crippen LogP contribution in [0.25, 0.3) is 44.4 Å². The Morgan fingerprint density at radius 3 is 2.40 bits per heavy atom. The molecule has 0 radical (unpaired) electrons. The van der Waals surface area contributed by atoms with Crippen molar-refractivity contribution in [3.8, 4) is 22.6 Å². The summed E-state index contributed by atoms with van der Waals surface area (Å²) in [5.41, 5.74) is 3.69. The minimum Gasteiger partial charge on any atom is -0.478 e. The van der Waals surface area contributed by atoms with E-state index < -0.39 is 5.97 Å². The van der Waals surface area contributed by atoms with Gasteiger partial charge in [0.2, 0.25) is 0 Å². The summed E-state index contributed by atoms with van der Waals surface area (Å²) >= 11 is 9.38. The van der Waals surface area contributed by atoms with E-state index in [1.807, 2.05) is 36.4 Å². The van der Waals surface area contributed by atoms with E-state index in [2.05, 4.69) is 26.1 Å². The quantitative estimate of drug-likeness (QED) is 0.307. The van der Waals surface area contributed by atoms with Gasteiger partial charge in [-0.15, -0.1) is 0 Å². The zero-order valence-corrected chi connectivity index (χ0v) is 17.6. The normalized spacial score (nSPS) is 11.3. The summed E-state index contributed by atoms with van der Waals surface area (Å²) in [7, 11) is 0. The third-order valence-corrected chi connectivity index (χ3v) is 5.63. The summed E-state index contributed by atoms with van der Waals surface area (Å²) in [6, 6.07) is 19.9. The van der Waals surface area contributed by atoms with Gasteiger partial charge in [0.05, 0.1) is 22.2 Å². The van der Waals surface area contributed by atoms with Gasteiger partial charge in [-0.2, -0.15) is 0 Å². The van der Waals surface area contributed by atoms with Gasteiger partial charge in [-0.1, -0.05) is 38.8 Å². The molecular formula is C23H12BrClN2O3. The van der Waals surface area contributed by atoms with Crippen molar-refractivity contribution >= 4 is 55.3 Å². The molecule has 146 valence electrons. The number of carbonyl (C=O) groups is 1. The number of halogens is 2. The minimum absolute atomic E-state index is 0.194. The van der Waals surface area contributed by atoms with Crippen molar-refractivity contribution in [1.29, 1.82) is 0 Å². The third kappa shape index (κ3) is 3.24. The standard InChI is InChI=1S/C23H12BrClN2O3/c24-14-4-8-19-16(10-14)17(23(28)29)11-21(26-19)13-3-7-20-18(9-13)22(30-27-20)12-1-5-15(25)6-2-12/h1-11H,(H,28,29). The number of hydrogen-bond acceptors (Lipinski definition) is 4. The summed E-state index contributed by atoms with van der Waals surface area (Å²) in [6.45, 7) is 0. The molecule has 2 heterocycles. The number of carboxylic acid groups (broad SMARTS) is 1. The summed E-state index contributed by atoms with van der Waals surface area (Å²) in [6.07, 6.45) is 0. The lowest BCUT2D eigenvalue weighted by Crippen LogP contribution is -2.00. The predicted octanol–water partition coefficient (Wildman–Crippen LogP) is 6.82. The molecule has 7 heteroatoms. The summed E-state index contributed by atoms with van der Waals surface area (Å²) in [5.74, 6) is -0.388. The molecule has 1 N–H and O–H groups in total. The highest BCUT2D eigenvalue weighted by Crippen LogP contribution is 2.33. The van der Waals surface area contributed by atoms with E-state index >= 15 is 0 Å². The molecule has 0 bridgehead atoms. The van der Waals surface area contributed by atoms with Gasteiger partial charge in [-0.3, -0.25) is 0 Å². The number of nitrogens with zero attached hydrogens (tertiary/aromatic N) is 2. The maximum absolute atomic E-state index is 11.9. The van der Waals surface area contributed by atoms with Crippen molar-refractivity contribution in [2.45, 2.75) is 0 Å². The van der Waals surface area contributed by atoms with Crippen molar-refractivity contribution in [2.24, 2.45) is 0 Å². The van der Waals surface area contributed by atoms with Crippen LogP contribution in [-0.2, 0) is 0 Å². The van der Waals surface area contributed by atoms with Crippen LogP contribution in [0.3, 0.4) is 0 Å². The molecule has 3 aromatic carbocycles. The Bertz CT molecular complexity index is 1440. The fraction of sp³-hybridized carbons (Fsp3) is 0. The van der Waals surface area contributed by atoms with Crippen LogP contribution in [-0.4, -0.2) is 21.2 Å². The summed E-state index contributed by atoms with van der Waals surface area (Å²) in [4.78, 5) is 16.6. The van der Waals surface area contributed by atoms with Crippen molar-refractivity contribution in [3.05, 3.63) is 81.8 Å². The number of aromatic carboxylic acids is 1. The molecule has 0 fully saturated rings.